The van der Waals surface area contributed by atoms with E-state index in [0.717, 1.165) is 6.42 Å². The Kier molecular flexibility index (Phi) is 2.18. The van der Waals surface area contributed by atoms with Crippen molar-refractivity contribution >= 4 is 11.9 Å². The molecule has 5 nitrogen and oxygen atoms in total. The maximum atomic E-state index is 11.4. The molecule has 0 saturated carbocycles. The summed E-state index contributed by atoms with van der Waals surface area (Å²) in [6.07, 6.45) is 1.17. The Labute approximate surface area is 76.0 Å². The number of urea groups is 1. The predicted molar refractivity (Wildman–Crippen MR) is 44.1 cm³/mol. The topological polar surface area (TPSA) is 58.6 Å². The lowest BCUT2D eigenvalue weighted by atomic mass is 10.2. The minimum absolute atomic E-state index is 0.0483. The molecule has 5 heteroatoms. The molecule has 1 unspecified atom stereocenters. The predicted octanol–water partition coefficient (Wildman–Crippen LogP) is -0.283. The molecule has 1 atom stereocenters. The van der Waals surface area contributed by atoms with Gasteiger partial charge >= 0.3 is 6.03 Å². The molecule has 2 heterocycles. The fourth-order valence-electron chi connectivity index (χ4n) is 1.69. The normalized spacial score (nSPS) is 29.2. The average Bonchev–Trinajstić information content (AvgIpc) is 2.57. The van der Waals surface area contributed by atoms with Crippen LogP contribution < -0.4 is 5.32 Å². The third kappa shape index (κ3) is 1.51. The van der Waals surface area contributed by atoms with Crippen LogP contribution in [-0.2, 0) is 9.53 Å². The van der Waals surface area contributed by atoms with Crippen molar-refractivity contribution in [2.75, 3.05) is 19.8 Å². The molecule has 0 aromatic heterocycles. The van der Waals surface area contributed by atoms with E-state index in [1.807, 2.05) is 0 Å². The Morgan fingerprint density at radius 1 is 1.46 bits per heavy atom. The second-order valence-electron chi connectivity index (χ2n) is 3.26. The number of carbonyl (C=O) groups excluding carboxylic acids is 2. The molecule has 0 aromatic carbocycles. The zero-order valence-corrected chi connectivity index (χ0v) is 7.28. The summed E-state index contributed by atoms with van der Waals surface area (Å²) in [7, 11) is 0. The van der Waals surface area contributed by atoms with Crippen molar-refractivity contribution < 1.29 is 14.3 Å². The minimum atomic E-state index is -0.272. The van der Waals surface area contributed by atoms with Crippen LogP contribution in [-0.4, -0.2) is 42.6 Å². The van der Waals surface area contributed by atoms with Crippen molar-refractivity contribution in [1.82, 2.24) is 10.2 Å². The van der Waals surface area contributed by atoms with Crippen molar-refractivity contribution in [3.05, 3.63) is 0 Å². The Balaban J connectivity index is 2.08. The zero-order chi connectivity index (χ0) is 9.26. The Hall–Kier alpha value is -1.10. The zero-order valence-electron chi connectivity index (χ0n) is 7.28. The molecule has 0 aromatic rings. The summed E-state index contributed by atoms with van der Waals surface area (Å²) >= 11 is 0. The molecule has 72 valence electrons. The van der Waals surface area contributed by atoms with Gasteiger partial charge in [-0.25, -0.2) is 4.79 Å². The van der Waals surface area contributed by atoms with Crippen molar-refractivity contribution in [2.24, 2.45) is 0 Å². The van der Waals surface area contributed by atoms with Gasteiger partial charge in [-0.1, -0.05) is 0 Å². The number of nitrogens with one attached hydrogen (secondary N) is 1. The van der Waals surface area contributed by atoms with E-state index in [9.17, 15) is 9.59 Å². The Bertz CT molecular complexity index is 220. The lowest BCUT2D eigenvalue weighted by Crippen LogP contribution is -2.54. The number of hydrogen-bond donors (Lipinski definition) is 1. The molecule has 0 spiro atoms. The van der Waals surface area contributed by atoms with E-state index in [2.05, 4.69) is 5.32 Å². The summed E-state index contributed by atoms with van der Waals surface area (Å²) in [5.41, 5.74) is 0. The lowest BCUT2D eigenvalue weighted by molar-refractivity contribution is -0.131. The lowest BCUT2D eigenvalue weighted by Gasteiger charge is -2.29. The second kappa shape index (κ2) is 3.33. The molecular formula is C8H12N2O3. The highest BCUT2D eigenvalue weighted by Crippen LogP contribution is 2.15. The molecule has 2 fully saturated rings. The van der Waals surface area contributed by atoms with Gasteiger partial charge in [-0.15, -0.1) is 0 Å². The van der Waals surface area contributed by atoms with Gasteiger partial charge in [0.25, 0.3) is 0 Å². The number of ether oxygens (including phenoxy) is 1. The number of hydrogen-bond acceptors (Lipinski definition) is 3. The van der Waals surface area contributed by atoms with Gasteiger partial charge in [-0.3, -0.25) is 9.69 Å². The van der Waals surface area contributed by atoms with Crippen LogP contribution in [0, 0.1) is 0 Å². The summed E-state index contributed by atoms with van der Waals surface area (Å²) < 4.78 is 5.13. The van der Waals surface area contributed by atoms with E-state index in [1.54, 1.807) is 0 Å². The van der Waals surface area contributed by atoms with Crippen molar-refractivity contribution in [3.8, 4) is 0 Å². The van der Waals surface area contributed by atoms with Crippen LogP contribution in [0.3, 0.4) is 0 Å². The van der Waals surface area contributed by atoms with Gasteiger partial charge < -0.3 is 10.1 Å². The van der Waals surface area contributed by atoms with E-state index in [-0.39, 0.29) is 18.0 Å². The highest BCUT2D eigenvalue weighted by atomic mass is 16.5. The molecule has 2 saturated heterocycles. The summed E-state index contributed by atoms with van der Waals surface area (Å²) in [5, 5.41) is 2.65. The van der Waals surface area contributed by atoms with Crippen LogP contribution in [0.1, 0.15) is 12.8 Å². The van der Waals surface area contributed by atoms with Gasteiger partial charge in [0.05, 0.1) is 12.6 Å². The van der Waals surface area contributed by atoms with Crippen LogP contribution in [0.15, 0.2) is 0 Å². The van der Waals surface area contributed by atoms with E-state index in [1.165, 1.54) is 4.90 Å². The van der Waals surface area contributed by atoms with E-state index in [4.69, 9.17) is 4.74 Å². The quantitative estimate of drug-likeness (QED) is 0.609. The summed E-state index contributed by atoms with van der Waals surface area (Å²) in [4.78, 5) is 24.0. The average molecular weight is 184 g/mol. The van der Waals surface area contributed by atoms with Crippen LogP contribution in [0.2, 0.25) is 0 Å². The monoisotopic (exact) mass is 184 g/mol. The van der Waals surface area contributed by atoms with Crippen LogP contribution >= 0.6 is 0 Å². The van der Waals surface area contributed by atoms with Gasteiger partial charge in [0.15, 0.2) is 0 Å². The Morgan fingerprint density at radius 3 is 2.92 bits per heavy atom. The SMILES string of the molecule is O=C1CCNC(=O)N1C1CCOC1. The van der Waals surface area contributed by atoms with E-state index >= 15 is 0 Å². The van der Waals surface area contributed by atoms with Crippen LogP contribution in [0.4, 0.5) is 4.79 Å². The first kappa shape index (κ1) is 8.50. The van der Waals surface area contributed by atoms with Crippen molar-refractivity contribution in [2.45, 2.75) is 18.9 Å². The summed E-state index contributed by atoms with van der Waals surface area (Å²) in [6, 6.07) is -0.320. The summed E-state index contributed by atoms with van der Waals surface area (Å²) in [6.45, 7) is 1.59. The standard InChI is InChI=1S/C8H12N2O3/c11-7-1-3-9-8(12)10(7)6-2-4-13-5-6/h6H,1-5H2,(H,9,12). The highest BCUT2D eigenvalue weighted by Gasteiger charge is 2.34. The second-order valence-corrected chi connectivity index (χ2v) is 3.26. The molecule has 3 amide bonds. The van der Waals surface area contributed by atoms with Gasteiger partial charge in [-0.2, -0.15) is 0 Å². The summed E-state index contributed by atoms with van der Waals surface area (Å²) in [5.74, 6) is -0.0840. The molecule has 2 rings (SSSR count). The molecule has 0 bridgehead atoms. The third-order valence-corrected chi connectivity index (χ3v) is 2.37. The van der Waals surface area contributed by atoms with Gasteiger partial charge in [0.1, 0.15) is 0 Å². The smallest absolute Gasteiger partial charge is 0.324 e. The van der Waals surface area contributed by atoms with E-state index < -0.39 is 0 Å². The molecule has 0 aliphatic carbocycles. The number of amides is 3. The molecule has 13 heavy (non-hydrogen) atoms. The van der Waals surface area contributed by atoms with Crippen molar-refractivity contribution in [1.29, 1.82) is 0 Å². The minimum Gasteiger partial charge on any atom is -0.379 e. The van der Waals surface area contributed by atoms with Crippen molar-refractivity contribution in [3.63, 3.8) is 0 Å². The number of nitrogens with zero attached hydrogens (tertiary/aromatic N) is 1. The Morgan fingerprint density at radius 2 is 2.31 bits per heavy atom. The van der Waals surface area contributed by atoms with Gasteiger partial charge in [-0.05, 0) is 6.42 Å². The van der Waals surface area contributed by atoms with E-state index in [0.29, 0.717) is 26.2 Å². The number of imide groups is 1. The first-order chi connectivity index (χ1) is 6.29. The fourth-order valence-corrected chi connectivity index (χ4v) is 1.69. The highest BCUT2D eigenvalue weighted by molar-refractivity contribution is 5.97. The molecule has 0 radical (unpaired) electrons. The first-order valence-corrected chi connectivity index (χ1v) is 4.46. The fraction of sp³-hybridized carbons (Fsp3) is 0.750. The van der Waals surface area contributed by atoms with Crippen LogP contribution in [0.25, 0.3) is 0 Å². The molecule has 1 N–H and O–H groups in total. The maximum Gasteiger partial charge on any atom is 0.324 e. The number of rotatable bonds is 1. The third-order valence-electron chi connectivity index (χ3n) is 2.37. The van der Waals surface area contributed by atoms with Gasteiger partial charge in [0.2, 0.25) is 5.91 Å². The largest absolute Gasteiger partial charge is 0.379 e. The van der Waals surface area contributed by atoms with Crippen LogP contribution in [0.5, 0.6) is 0 Å². The molecule has 2 aliphatic heterocycles. The maximum absolute atomic E-state index is 11.4. The first-order valence-electron chi connectivity index (χ1n) is 4.46. The number of carbonyl (C=O) groups is 2. The molecule has 2 aliphatic rings. The molecular weight excluding hydrogens is 172 g/mol. The van der Waals surface area contributed by atoms with Gasteiger partial charge in [0, 0.05) is 19.6 Å².